The predicted octanol–water partition coefficient (Wildman–Crippen LogP) is 3.02. The maximum Gasteiger partial charge on any atom is 0.261 e. The van der Waals surface area contributed by atoms with Gasteiger partial charge in [-0.2, -0.15) is 0 Å². The maximum absolute atomic E-state index is 13.0. The molecule has 1 aromatic carbocycles. The Balaban J connectivity index is 2.06. The summed E-state index contributed by atoms with van der Waals surface area (Å²) in [6, 6.07) is 7.90. The van der Waals surface area contributed by atoms with Crippen LogP contribution in [0.4, 0.5) is 4.39 Å². The van der Waals surface area contributed by atoms with E-state index in [0.717, 1.165) is 30.9 Å². The SMILES string of the molecule is CCOC(OCC)O[SiH2]CCCCc1cccc(F)c1. The van der Waals surface area contributed by atoms with Gasteiger partial charge in [0, 0.05) is 13.2 Å². The van der Waals surface area contributed by atoms with Gasteiger partial charge in [0.2, 0.25) is 0 Å². The molecule has 0 saturated carbocycles. The quantitative estimate of drug-likeness (QED) is 0.357. The van der Waals surface area contributed by atoms with Crippen LogP contribution in [0.2, 0.25) is 6.04 Å². The smallest absolute Gasteiger partial charge is 0.261 e. The summed E-state index contributed by atoms with van der Waals surface area (Å²) in [6.07, 6.45) is 3.09. The summed E-state index contributed by atoms with van der Waals surface area (Å²) in [5.41, 5.74) is 1.06. The minimum Gasteiger partial charge on any atom is -0.379 e. The fourth-order valence-corrected chi connectivity index (χ4v) is 3.01. The van der Waals surface area contributed by atoms with Crippen LogP contribution in [0, 0.1) is 5.82 Å². The van der Waals surface area contributed by atoms with E-state index in [2.05, 4.69) is 0 Å². The molecule has 0 heterocycles. The van der Waals surface area contributed by atoms with Gasteiger partial charge in [-0.05, 0) is 50.4 Å². The summed E-state index contributed by atoms with van der Waals surface area (Å²) in [7, 11) is -0.609. The van der Waals surface area contributed by atoms with Crippen LogP contribution in [0.1, 0.15) is 32.3 Å². The van der Waals surface area contributed by atoms with Crippen LogP contribution >= 0.6 is 0 Å². The average Bonchev–Trinajstić information content (AvgIpc) is 2.43. The Labute approximate surface area is 123 Å². The monoisotopic (exact) mass is 300 g/mol. The highest BCUT2D eigenvalue weighted by Gasteiger charge is 2.06. The van der Waals surface area contributed by atoms with Crippen molar-refractivity contribution >= 4 is 9.76 Å². The molecule has 0 aromatic heterocycles. The molecule has 0 spiro atoms. The molecule has 0 unspecified atom stereocenters. The molecule has 1 rings (SSSR count). The zero-order valence-corrected chi connectivity index (χ0v) is 13.9. The van der Waals surface area contributed by atoms with Gasteiger partial charge in [0.25, 0.3) is 6.48 Å². The largest absolute Gasteiger partial charge is 0.379 e. The summed E-state index contributed by atoms with van der Waals surface area (Å²) in [4.78, 5) is 0. The van der Waals surface area contributed by atoms with E-state index < -0.39 is 16.2 Å². The van der Waals surface area contributed by atoms with Crippen molar-refractivity contribution in [1.29, 1.82) is 0 Å². The Hall–Kier alpha value is -0.753. The normalized spacial score (nSPS) is 11.8. The minimum atomic E-state index is -0.609. The lowest BCUT2D eigenvalue weighted by Crippen LogP contribution is -2.22. The summed E-state index contributed by atoms with van der Waals surface area (Å²) < 4.78 is 29.3. The fraction of sp³-hybridized carbons (Fsp3) is 0.600. The fourth-order valence-electron chi connectivity index (χ4n) is 1.90. The number of hydrogen-bond acceptors (Lipinski definition) is 3. The first-order valence-corrected chi connectivity index (χ1v) is 8.93. The van der Waals surface area contributed by atoms with Gasteiger partial charge in [0.05, 0.1) is 0 Å². The van der Waals surface area contributed by atoms with Crippen LogP contribution in [0.25, 0.3) is 0 Å². The van der Waals surface area contributed by atoms with Gasteiger partial charge in [-0.25, -0.2) is 4.39 Å². The zero-order valence-electron chi connectivity index (χ0n) is 12.4. The standard InChI is InChI=1S/C15H25FO3Si/c1-3-17-15(18-4-2)19-20-11-6-5-8-13-9-7-10-14(16)12-13/h7,9-10,12,15H,3-6,8,11,20H2,1-2H3. The molecule has 0 bridgehead atoms. The topological polar surface area (TPSA) is 27.7 Å². The van der Waals surface area contributed by atoms with Gasteiger partial charge in [-0.3, -0.25) is 0 Å². The lowest BCUT2D eigenvalue weighted by atomic mass is 10.1. The molecule has 114 valence electrons. The molecule has 5 heteroatoms. The van der Waals surface area contributed by atoms with Crippen molar-refractivity contribution in [1.82, 2.24) is 0 Å². The Morgan fingerprint density at radius 1 is 1.15 bits per heavy atom. The van der Waals surface area contributed by atoms with Crippen molar-refractivity contribution < 1.29 is 18.3 Å². The second kappa shape index (κ2) is 11.0. The Morgan fingerprint density at radius 3 is 2.55 bits per heavy atom. The number of hydrogen-bond donors (Lipinski definition) is 0. The molecule has 0 saturated heterocycles. The lowest BCUT2D eigenvalue weighted by Gasteiger charge is -2.17. The lowest BCUT2D eigenvalue weighted by molar-refractivity contribution is -0.243. The van der Waals surface area contributed by atoms with E-state index in [0.29, 0.717) is 13.2 Å². The highest BCUT2D eigenvalue weighted by atomic mass is 28.2. The van der Waals surface area contributed by atoms with Gasteiger partial charge in [-0.15, -0.1) is 0 Å². The van der Waals surface area contributed by atoms with Crippen molar-refractivity contribution in [3.63, 3.8) is 0 Å². The van der Waals surface area contributed by atoms with E-state index in [4.69, 9.17) is 13.9 Å². The molecular formula is C15H25FO3Si. The average molecular weight is 300 g/mol. The molecule has 0 aliphatic rings. The number of halogens is 1. The summed E-state index contributed by atoms with van der Waals surface area (Å²) >= 11 is 0. The van der Waals surface area contributed by atoms with Crippen molar-refractivity contribution in [2.24, 2.45) is 0 Å². The maximum atomic E-state index is 13.0. The molecule has 1 aromatic rings. The van der Waals surface area contributed by atoms with Crippen LogP contribution in [-0.2, 0) is 20.3 Å². The van der Waals surface area contributed by atoms with E-state index in [1.54, 1.807) is 12.1 Å². The molecular weight excluding hydrogens is 275 g/mol. The molecule has 0 N–H and O–H groups in total. The van der Waals surface area contributed by atoms with Gasteiger partial charge >= 0.3 is 0 Å². The molecule has 0 aliphatic heterocycles. The number of unbranched alkanes of at least 4 members (excludes halogenated alkanes) is 1. The second-order valence-corrected chi connectivity index (χ2v) is 5.96. The Kier molecular flexibility index (Phi) is 9.49. The van der Waals surface area contributed by atoms with E-state index in [1.165, 1.54) is 6.07 Å². The highest BCUT2D eigenvalue weighted by Crippen LogP contribution is 2.09. The van der Waals surface area contributed by atoms with Crippen molar-refractivity contribution in [3.8, 4) is 0 Å². The third-order valence-electron chi connectivity index (χ3n) is 2.86. The van der Waals surface area contributed by atoms with Crippen molar-refractivity contribution in [2.45, 2.75) is 45.6 Å². The van der Waals surface area contributed by atoms with Gasteiger partial charge in [-0.1, -0.05) is 18.6 Å². The van der Waals surface area contributed by atoms with Gasteiger partial charge < -0.3 is 13.9 Å². The van der Waals surface area contributed by atoms with Gasteiger partial charge in [0.1, 0.15) is 5.82 Å². The first-order valence-electron chi connectivity index (χ1n) is 7.35. The third kappa shape index (κ3) is 7.74. The predicted molar refractivity (Wildman–Crippen MR) is 80.8 cm³/mol. The zero-order chi connectivity index (χ0) is 14.6. The van der Waals surface area contributed by atoms with Crippen LogP contribution in [0.5, 0.6) is 0 Å². The third-order valence-corrected chi connectivity index (χ3v) is 4.15. The first kappa shape index (κ1) is 17.3. The van der Waals surface area contributed by atoms with Crippen molar-refractivity contribution in [2.75, 3.05) is 13.2 Å². The van der Waals surface area contributed by atoms with E-state index >= 15 is 0 Å². The Morgan fingerprint density at radius 2 is 1.90 bits per heavy atom. The number of rotatable bonds is 11. The first-order chi connectivity index (χ1) is 9.76. The molecule has 3 nitrogen and oxygen atoms in total. The summed E-state index contributed by atoms with van der Waals surface area (Å²) in [5, 5.41) is 0. The summed E-state index contributed by atoms with van der Waals surface area (Å²) in [6.45, 7) is 4.56. The molecule has 0 aliphatic carbocycles. The number of benzene rings is 1. The molecule has 20 heavy (non-hydrogen) atoms. The molecule has 0 amide bonds. The molecule has 0 fully saturated rings. The van der Waals surface area contributed by atoms with Crippen LogP contribution in [-0.4, -0.2) is 29.5 Å². The second-order valence-electron chi connectivity index (χ2n) is 4.51. The van der Waals surface area contributed by atoms with Crippen LogP contribution in [0.15, 0.2) is 24.3 Å². The number of aryl methyl sites for hydroxylation is 1. The van der Waals surface area contributed by atoms with Crippen LogP contribution < -0.4 is 0 Å². The minimum absolute atomic E-state index is 0.156. The molecule has 0 radical (unpaired) electrons. The summed E-state index contributed by atoms with van der Waals surface area (Å²) in [5.74, 6) is -0.156. The van der Waals surface area contributed by atoms with Crippen molar-refractivity contribution in [3.05, 3.63) is 35.6 Å². The van der Waals surface area contributed by atoms with E-state index in [9.17, 15) is 4.39 Å². The van der Waals surface area contributed by atoms with E-state index in [1.807, 2.05) is 19.9 Å². The van der Waals surface area contributed by atoms with E-state index in [-0.39, 0.29) is 5.82 Å². The Bertz CT molecular complexity index is 357. The molecule has 0 atom stereocenters. The van der Waals surface area contributed by atoms with Crippen LogP contribution in [0.3, 0.4) is 0 Å². The highest BCUT2D eigenvalue weighted by molar-refractivity contribution is 6.27. The van der Waals surface area contributed by atoms with Gasteiger partial charge in [0.15, 0.2) is 9.76 Å². The number of ether oxygens (including phenoxy) is 2.